The largest absolute Gasteiger partial charge is 0.489 e. The quantitative estimate of drug-likeness (QED) is 0.692. The van der Waals surface area contributed by atoms with Crippen LogP contribution in [0.2, 0.25) is 0 Å². The first kappa shape index (κ1) is 22.0. The lowest BCUT2D eigenvalue weighted by molar-refractivity contribution is 0.0792. The molecule has 0 bridgehead atoms. The standard InChI is InChI=1S/C22H25FN2O4S/c23-13-18(14-24)15-29-20-6-8-21(9-7-20)30(27,28)16-17-4-3-5-19(12-17)22(26)25-10-1-2-11-25/h3-9,12-13H,1-2,10-11,14-16,24H2/b18-13+. The maximum Gasteiger partial charge on any atom is 0.253 e. The van der Waals surface area contributed by atoms with Crippen LogP contribution < -0.4 is 10.5 Å². The summed E-state index contributed by atoms with van der Waals surface area (Å²) >= 11 is 0. The lowest BCUT2D eigenvalue weighted by atomic mass is 10.1. The highest BCUT2D eigenvalue weighted by Crippen LogP contribution is 2.22. The van der Waals surface area contributed by atoms with E-state index in [0.29, 0.717) is 28.8 Å². The maximum atomic E-state index is 12.8. The van der Waals surface area contributed by atoms with E-state index in [2.05, 4.69) is 0 Å². The van der Waals surface area contributed by atoms with Crippen LogP contribution in [-0.2, 0) is 15.6 Å². The van der Waals surface area contributed by atoms with Crippen LogP contribution in [0.15, 0.2) is 65.3 Å². The van der Waals surface area contributed by atoms with Crippen LogP contribution in [-0.4, -0.2) is 45.5 Å². The van der Waals surface area contributed by atoms with Crippen molar-refractivity contribution in [2.24, 2.45) is 5.73 Å². The summed E-state index contributed by atoms with van der Waals surface area (Å²) in [4.78, 5) is 14.5. The van der Waals surface area contributed by atoms with E-state index in [4.69, 9.17) is 10.5 Å². The number of amides is 1. The zero-order valence-corrected chi connectivity index (χ0v) is 17.4. The molecule has 30 heavy (non-hydrogen) atoms. The molecule has 0 atom stereocenters. The van der Waals surface area contributed by atoms with Crippen LogP contribution in [0.3, 0.4) is 0 Å². The summed E-state index contributed by atoms with van der Waals surface area (Å²) in [6.07, 6.45) is 2.40. The normalized spacial score (nSPS) is 14.7. The van der Waals surface area contributed by atoms with Gasteiger partial charge in [0.25, 0.3) is 5.91 Å². The van der Waals surface area contributed by atoms with Crippen molar-refractivity contribution in [3.8, 4) is 5.75 Å². The molecule has 1 aliphatic rings. The van der Waals surface area contributed by atoms with Crippen LogP contribution >= 0.6 is 0 Å². The van der Waals surface area contributed by atoms with Crippen molar-refractivity contribution in [2.45, 2.75) is 23.5 Å². The lowest BCUT2D eigenvalue weighted by Crippen LogP contribution is -2.27. The molecule has 0 aliphatic carbocycles. The Bertz CT molecular complexity index is 1010. The summed E-state index contributed by atoms with van der Waals surface area (Å²) in [6.45, 7) is 1.52. The molecule has 1 amide bonds. The summed E-state index contributed by atoms with van der Waals surface area (Å²) in [6, 6.07) is 12.7. The van der Waals surface area contributed by atoms with Gasteiger partial charge in [0.05, 0.1) is 17.0 Å². The molecule has 3 rings (SSSR count). The minimum absolute atomic E-state index is 0.00304. The minimum Gasteiger partial charge on any atom is -0.489 e. The van der Waals surface area contributed by atoms with Crippen molar-refractivity contribution in [3.05, 3.63) is 71.6 Å². The molecule has 1 heterocycles. The van der Waals surface area contributed by atoms with Crippen molar-refractivity contribution < 1.29 is 22.3 Å². The predicted octanol–water partition coefficient (Wildman–Crippen LogP) is 3.09. The van der Waals surface area contributed by atoms with Crippen molar-refractivity contribution in [1.29, 1.82) is 0 Å². The zero-order chi connectivity index (χ0) is 21.6. The van der Waals surface area contributed by atoms with E-state index in [9.17, 15) is 17.6 Å². The average Bonchev–Trinajstić information content (AvgIpc) is 3.29. The van der Waals surface area contributed by atoms with Gasteiger partial charge in [-0.15, -0.1) is 0 Å². The second kappa shape index (κ2) is 9.86. The van der Waals surface area contributed by atoms with Gasteiger partial charge in [-0.25, -0.2) is 12.8 Å². The SMILES string of the molecule is NC/C(=C\F)COc1ccc(S(=O)(=O)Cc2cccc(C(=O)N3CCCC3)c2)cc1. The first-order chi connectivity index (χ1) is 14.4. The number of nitrogens with zero attached hydrogens (tertiary/aromatic N) is 1. The summed E-state index contributed by atoms with van der Waals surface area (Å²) in [5.41, 5.74) is 6.74. The number of rotatable bonds is 8. The molecule has 160 valence electrons. The Morgan fingerprint density at radius 2 is 1.83 bits per heavy atom. The van der Waals surface area contributed by atoms with Gasteiger partial charge in [-0.3, -0.25) is 4.79 Å². The second-order valence-corrected chi connectivity index (χ2v) is 9.18. The van der Waals surface area contributed by atoms with E-state index in [1.54, 1.807) is 29.2 Å². The fourth-order valence-corrected chi connectivity index (χ4v) is 4.59. The summed E-state index contributed by atoms with van der Waals surface area (Å²) in [5, 5.41) is 0. The fraction of sp³-hybridized carbons (Fsp3) is 0.318. The first-order valence-corrected chi connectivity index (χ1v) is 11.4. The fourth-order valence-electron chi connectivity index (χ4n) is 3.25. The summed E-state index contributed by atoms with van der Waals surface area (Å²) < 4.78 is 43.5. The zero-order valence-electron chi connectivity index (χ0n) is 16.6. The molecule has 6 nitrogen and oxygen atoms in total. The number of ether oxygens (including phenoxy) is 1. The molecule has 1 aliphatic heterocycles. The van der Waals surface area contributed by atoms with E-state index < -0.39 is 9.84 Å². The highest BCUT2D eigenvalue weighted by atomic mass is 32.2. The van der Waals surface area contributed by atoms with Crippen molar-refractivity contribution in [2.75, 3.05) is 26.2 Å². The van der Waals surface area contributed by atoms with Gasteiger partial charge in [0.2, 0.25) is 0 Å². The molecule has 0 saturated carbocycles. The van der Waals surface area contributed by atoms with Gasteiger partial charge in [-0.05, 0) is 54.8 Å². The highest BCUT2D eigenvalue weighted by Gasteiger charge is 2.21. The Morgan fingerprint density at radius 3 is 2.47 bits per heavy atom. The third kappa shape index (κ3) is 5.46. The molecular formula is C22H25FN2O4S. The molecule has 0 radical (unpaired) electrons. The number of sulfone groups is 1. The molecule has 2 N–H and O–H groups in total. The number of carbonyl (C=O) groups is 1. The molecule has 1 fully saturated rings. The van der Waals surface area contributed by atoms with Crippen molar-refractivity contribution in [1.82, 2.24) is 4.90 Å². The van der Waals surface area contributed by atoms with Gasteiger partial charge in [0.1, 0.15) is 12.4 Å². The van der Waals surface area contributed by atoms with Crippen LogP contribution in [0.4, 0.5) is 4.39 Å². The topological polar surface area (TPSA) is 89.7 Å². The van der Waals surface area contributed by atoms with E-state index in [1.165, 1.54) is 24.3 Å². The van der Waals surface area contributed by atoms with Gasteiger partial charge >= 0.3 is 0 Å². The van der Waals surface area contributed by atoms with E-state index in [0.717, 1.165) is 25.9 Å². The molecule has 0 unspecified atom stereocenters. The van der Waals surface area contributed by atoms with Gasteiger partial charge in [0.15, 0.2) is 9.84 Å². The molecular weight excluding hydrogens is 407 g/mol. The highest BCUT2D eigenvalue weighted by molar-refractivity contribution is 7.90. The summed E-state index contributed by atoms with van der Waals surface area (Å²) in [7, 11) is -3.60. The average molecular weight is 433 g/mol. The Kier molecular flexibility index (Phi) is 7.23. The lowest BCUT2D eigenvalue weighted by Gasteiger charge is -2.15. The van der Waals surface area contributed by atoms with Crippen LogP contribution in [0.5, 0.6) is 5.75 Å². The Hall–Kier alpha value is -2.71. The third-order valence-electron chi connectivity index (χ3n) is 4.95. The van der Waals surface area contributed by atoms with Gasteiger partial charge in [-0.1, -0.05) is 12.1 Å². The maximum absolute atomic E-state index is 12.8. The van der Waals surface area contributed by atoms with E-state index >= 15 is 0 Å². The van der Waals surface area contributed by atoms with Gasteiger partial charge < -0.3 is 15.4 Å². The first-order valence-electron chi connectivity index (χ1n) is 9.75. The predicted molar refractivity (Wildman–Crippen MR) is 113 cm³/mol. The molecule has 2 aromatic rings. The Morgan fingerprint density at radius 1 is 1.13 bits per heavy atom. The number of likely N-dealkylation sites (tertiary alicyclic amines) is 1. The molecule has 1 saturated heterocycles. The van der Waals surface area contributed by atoms with Crippen LogP contribution in [0.1, 0.15) is 28.8 Å². The monoisotopic (exact) mass is 432 g/mol. The third-order valence-corrected chi connectivity index (χ3v) is 6.65. The number of benzene rings is 2. The van der Waals surface area contributed by atoms with Gasteiger partial charge in [-0.2, -0.15) is 0 Å². The summed E-state index contributed by atoms with van der Waals surface area (Å²) in [5.74, 6) is 0.142. The number of halogens is 1. The molecule has 0 spiro atoms. The molecule has 0 aromatic heterocycles. The van der Waals surface area contributed by atoms with Crippen LogP contribution in [0.25, 0.3) is 0 Å². The Balaban J connectivity index is 1.69. The number of nitrogens with two attached hydrogens (primary N) is 1. The van der Waals surface area contributed by atoms with E-state index in [1.807, 2.05) is 0 Å². The second-order valence-electron chi connectivity index (χ2n) is 7.19. The smallest absolute Gasteiger partial charge is 0.253 e. The number of hydrogen-bond donors (Lipinski definition) is 1. The van der Waals surface area contributed by atoms with Gasteiger partial charge in [0, 0.05) is 30.8 Å². The van der Waals surface area contributed by atoms with Crippen LogP contribution in [0, 0.1) is 0 Å². The van der Waals surface area contributed by atoms with Crippen molar-refractivity contribution >= 4 is 15.7 Å². The number of hydrogen-bond acceptors (Lipinski definition) is 5. The number of carbonyl (C=O) groups excluding carboxylic acids is 1. The van der Waals surface area contributed by atoms with Crippen molar-refractivity contribution in [3.63, 3.8) is 0 Å². The van der Waals surface area contributed by atoms with E-state index in [-0.39, 0.29) is 29.7 Å². The molecule has 8 heteroatoms. The molecule has 2 aromatic carbocycles. The minimum atomic E-state index is -3.60. The Labute approximate surface area is 176 Å².